The number of benzene rings is 1. The third kappa shape index (κ3) is 3.97. The molecule has 1 aliphatic heterocycles. The van der Waals surface area contributed by atoms with Crippen molar-refractivity contribution < 1.29 is 4.74 Å². The van der Waals surface area contributed by atoms with Crippen molar-refractivity contribution in [1.82, 2.24) is 15.0 Å². The first-order chi connectivity index (χ1) is 10.2. The van der Waals surface area contributed by atoms with E-state index in [1.807, 2.05) is 29.2 Å². The second-order valence-electron chi connectivity index (χ2n) is 4.34. The summed E-state index contributed by atoms with van der Waals surface area (Å²) in [6, 6.07) is 7.49. The van der Waals surface area contributed by atoms with Crippen molar-refractivity contribution in [3.63, 3.8) is 0 Å². The molecule has 3 rings (SSSR count). The Morgan fingerprint density at radius 3 is 2.43 bits per heavy atom. The van der Waals surface area contributed by atoms with Crippen LogP contribution in [0.2, 0.25) is 10.3 Å². The SMILES string of the molecule is Clc1ccc(Sc2nc(Cl)nc(N3CCOCC3)n2)cc1. The zero-order valence-corrected chi connectivity index (χ0v) is 13.3. The Morgan fingerprint density at radius 2 is 1.71 bits per heavy atom. The first-order valence-corrected chi connectivity index (χ1v) is 7.96. The summed E-state index contributed by atoms with van der Waals surface area (Å²) in [7, 11) is 0. The summed E-state index contributed by atoms with van der Waals surface area (Å²) >= 11 is 13.3. The van der Waals surface area contributed by atoms with Crippen molar-refractivity contribution in [3.8, 4) is 0 Å². The quantitative estimate of drug-likeness (QED) is 0.853. The molecule has 0 radical (unpaired) electrons. The zero-order valence-electron chi connectivity index (χ0n) is 11.0. The third-order valence-electron chi connectivity index (χ3n) is 2.89. The summed E-state index contributed by atoms with van der Waals surface area (Å²) < 4.78 is 5.32. The summed E-state index contributed by atoms with van der Waals surface area (Å²) in [5.74, 6) is 0.592. The molecular weight excluding hydrogens is 331 g/mol. The number of nitrogens with zero attached hydrogens (tertiary/aromatic N) is 4. The summed E-state index contributed by atoms with van der Waals surface area (Å²) in [5.41, 5.74) is 0. The number of hydrogen-bond donors (Lipinski definition) is 0. The maximum Gasteiger partial charge on any atom is 0.230 e. The normalized spacial score (nSPS) is 15.2. The molecule has 1 aliphatic rings. The van der Waals surface area contributed by atoms with E-state index in [9.17, 15) is 0 Å². The number of halogens is 2. The fraction of sp³-hybridized carbons (Fsp3) is 0.308. The Hall–Kier alpha value is -1.08. The molecule has 0 saturated carbocycles. The van der Waals surface area contributed by atoms with Crippen LogP contribution in [0.15, 0.2) is 34.3 Å². The molecule has 110 valence electrons. The highest BCUT2D eigenvalue weighted by molar-refractivity contribution is 7.99. The fourth-order valence-corrected chi connectivity index (χ4v) is 2.95. The Kier molecular flexibility index (Phi) is 4.80. The summed E-state index contributed by atoms with van der Waals surface area (Å²) in [6.07, 6.45) is 0. The topological polar surface area (TPSA) is 51.1 Å². The molecule has 0 aliphatic carbocycles. The fourth-order valence-electron chi connectivity index (χ4n) is 1.88. The number of aromatic nitrogens is 3. The molecule has 0 N–H and O–H groups in total. The van der Waals surface area contributed by atoms with Gasteiger partial charge in [0, 0.05) is 23.0 Å². The van der Waals surface area contributed by atoms with Crippen molar-refractivity contribution in [1.29, 1.82) is 0 Å². The molecule has 2 aromatic rings. The van der Waals surface area contributed by atoms with Gasteiger partial charge in [-0.1, -0.05) is 11.6 Å². The lowest BCUT2D eigenvalue weighted by Gasteiger charge is -2.26. The van der Waals surface area contributed by atoms with Crippen LogP contribution in [-0.4, -0.2) is 41.3 Å². The molecule has 21 heavy (non-hydrogen) atoms. The first-order valence-electron chi connectivity index (χ1n) is 6.38. The van der Waals surface area contributed by atoms with E-state index in [2.05, 4.69) is 15.0 Å². The number of rotatable bonds is 3. The number of hydrogen-bond acceptors (Lipinski definition) is 6. The average Bonchev–Trinajstić information content (AvgIpc) is 2.50. The summed E-state index contributed by atoms with van der Waals surface area (Å²) in [4.78, 5) is 15.9. The van der Waals surface area contributed by atoms with Crippen molar-refractivity contribution in [3.05, 3.63) is 34.6 Å². The van der Waals surface area contributed by atoms with E-state index >= 15 is 0 Å². The molecule has 5 nitrogen and oxygen atoms in total. The highest BCUT2D eigenvalue weighted by Crippen LogP contribution is 2.27. The van der Waals surface area contributed by atoms with Crippen molar-refractivity contribution in [2.75, 3.05) is 31.2 Å². The Bertz CT molecular complexity index is 620. The van der Waals surface area contributed by atoms with Gasteiger partial charge in [0.2, 0.25) is 11.2 Å². The van der Waals surface area contributed by atoms with Gasteiger partial charge in [-0.05, 0) is 47.6 Å². The van der Waals surface area contributed by atoms with Crippen LogP contribution >= 0.6 is 35.0 Å². The van der Waals surface area contributed by atoms with Gasteiger partial charge in [0.1, 0.15) is 0 Å². The molecule has 0 spiro atoms. The third-order valence-corrected chi connectivity index (χ3v) is 4.19. The monoisotopic (exact) mass is 342 g/mol. The van der Waals surface area contributed by atoms with Crippen LogP contribution in [0.5, 0.6) is 0 Å². The Labute approximate surface area is 136 Å². The van der Waals surface area contributed by atoms with Gasteiger partial charge in [-0.25, -0.2) is 0 Å². The van der Waals surface area contributed by atoms with E-state index in [1.165, 1.54) is 11.8 Å². The van der Waals surface area contributed by atoms with E-state index < -0.39 is 0 Å². The zero-order chi connectivity index (χ0) is 14.7. The Balaban J connectivity index is 1.81. The van der Waals surface area contributed by atoms with Gasteiger partial charge in [0.25, 0.3) is 0 Å². The van der Waals surface area contributed by atoms with E-state index in [0.717, 1.165) is 18.0 Å². The number of morpholine rings is 1. The minimum atomic E-state index is 0.197. The maximum absolute atomic E-state index is 6.01. The van der Waals surface area contributed by atoms with Crippen LogP contribution in [0.4, 0.5) is 5.95 Å². The molecule has 0 amide bonds. The molecular formula is C13H12Cl2N4OS. The lowest BCUT2D eigenvalue weighted by Crippen LogP contribution is -2.37. The molecule has 1 saturated heterocycles. The standard InChI is InChI=1S/C13H12Cl2N4OS/c14-9-1-3-10(4-2-9)21-13-17-11(15)16-12(18-13)19-5-7-20-8-6-19/h1-4H,5-8H2. The van der Waals surface area contributed by atoms with Crippen molar-refractivity contribution in [2.45, 2.75) is 10.1 Å². The summed E-state index contributed by atoms with van der Waals surface area (Å²) in [5, 5.41) is 1.46. The lowest BCUT2D eigenvalue weighted by atomic mass is 10.4. The Morgan fingerprint density at radius 1 is 1.00 bits per heavy atom. The minimum Gasteiger partial charge on any atom is -0.378 e. The molecule has 1 aromatic carbocycles. The van der Waals surface area contributed by atoms with E-state index in [0.29, 0.717) is 29.3 Å². The number of ether oxygens (including phenoxy) is 1. The van der Waals surface area contributed by atoms with Crippen LogP contribution in [0.1, 0.15) is 0 Å². The molecule has 1 fully saturated rings. The first kappa shape index (κ1) is 14.8. The van der Waals surface area contributed by atoms with Gasteiger partial charge in [0.05, 0.1) is 13.2 Å². The predicted molar refractivity (Wildman–Crippen MR) is 83.4 cm³/mol. The number of anilines is 1. The van der Waals surface area contributed by atoms with E-state index in [1.54, 1.807) is 0 Å². The molecule has 0 bridgehead atoms. The van der Waals surface area contributed by atoms with Gasteiger partial charge < -0.3 is 9.64 Å². The molecule has 0 unspecified atom stereocenters. The maximum atomic E-state index is 6.01. The molecule has 0 atom stereocenters. The predicted octanol–water partition coefficient (Wildman–Crippen LogP) is 3.17. The second kappa shape index (κ2) is 6.79. The highest BCUT2D eigenvalue weighted by atomic mass is 35.5. The average molecular weight is 343 g/mol. The lowest BCUT2D eigenvalue weighted by molar-refractivity contribution is 0.122. The molecule has 1 aromatic heterocycles. The van der Waals surface area contributed by atoms with E-state index in [4.69, 9.17) is 27.9 Å². The van der Waals surface area contributed by atoms with E-state index in [-0.39, 0.29) is 5.28 Å². The van der Waals surface area contributed by atoms with Gasteiger partial charge in [-0.2, -0.15) is 15.0 Å². The minimum absolute atomic E-state index is 0.197. The van der Waals surface area contributed by atoms with Gasteiger partial charge in [-0.3, -0.25) is 0 Å². The second-order valence-corrected chi connectivity index (χ2v) is 6.16. The van der Waals surface area contributed by atoms with Crippen LogP contribution in [0, 0.1) is 0 Å². The van der Waals surface area contributed by atoms with Crippen LogP contribution in [0.3, 0.4) is 0 Å². The van der Waals surface area contributed by atoms with Crippen LogP contribution in [-0.2, 0) is 4.74 Å². The highest BCUT2D eigenvalue weighted by Gasteiger charge is 2.16. The van der Waals surface area contributed by atoms with Crippen LogP contribution < -0.4 is 4.90 Å². The summed E-state index contributed by atoms with van der Waals surface area (Å²) in [6.45, 7) is 2.85. The van der Waals surface area contributed by atoms with Crippen LogP contribution in [0.25, 0.3) is 0 Å². The van der Waals surface area contributed by atoms with Crippen molar-refractivity contribution in [2.24, 2.45) is 0 Å². The smallest absolute Gasteiger partial charge is 0.230 e. The van der Waals surface area contributed by atoms with Gasteiger partial charge in [0.15, 0.2) is 5.16 Å². The molecule has 8 heteroatoms. The van der Waals surface area contributed by atoms with Gasteiger partial charge in [-0.15, -0.1) is 0 Å². The largest absolute Gasteiger partial charge is 0.378 e. The van der Waals surface area contributed by atoms with Gasteiger partial charge >= 0.3 is 0 Å². The molecule has 2 heterocycles. The van der Waals surface area contributed by atoms with Crippen molar-refractivity contribution >= 4 is 40.9 Å².